The van der Waals surface area contributed by atoms with Crippen LogP contribution in [0.2, 0.25) is 0 Å². The fraction of sp³-hybridized carbons (Fsp3) is 0.500. The first-order valence-electron chi connectivity index (χ1n) is 10.7. The second-order valence-electron chi connectivity index (χ2n) is 8.94. The quantitative estimate of drug-likeness (QED) is 0.602. The number of nitrogens with one attached hydrogen (secondary N) is 1. The van der Waals surface area contributed by atoms with E-state index in [4.69, 9.17) is 0 Å². The molecule has 174 valence electrons. The number of hydrogen-bond donors (Lipinski definition) is 2. The van der Waals surface area contributed by atoms with Gasteiger partial charge in [0, 0.05) is 36.8 Å². The van der Waals surface area contributed by atoms with Crippen LogP contribution in [0.15, 0.2) is 42.6 Å². The first-order chi connectivity index (χ1) is 15.0. The minimum absolute atomic E-state index is 0.0312. The van der Waals surface area contributed by atoms with Gasteiger partial charge in [-0.3, -0.25) is 9.78 Å². The number of phenols is 1. The first kappa shape index (κ1) is 24.0. The summed E-state index contributed by atoms with van der Waals surface area (Å²) < 4.78 is 41.6. The van der Waals surface area contributed by atoms with Crippen LogP contribution >= 0.6 is 0 Å². The Bertz CT molecular complexity index is 908. The first-order valence-corrected chi connectivity index (χ1v) is 10.7. The van der Waals surface area contributed by atoms with E-state index in [-0.39, 0.29) is 31.1 Å². The number of aryl methyl sites for hydroxylation is 1. The lowest BCUT2D eigenvalue weighted by Gasteiger charge is -2.30. The molecule has 5 nitrogen and oxygen atoms in total. The van der Waals surface area contributed by atoms with Crippen molar-refractivity contribution in [2.45, 2.75) is 50.7 Å². The van der Waals surface area contributed by atoms with Gasteiger partial charge in [0.1, 0.15) is 5.75 Å². The van der Waals surface area contributed by atoms with Crippen molar-refractivity contribution in [1.82, 2.24) is 15.2 Å². The minimum Gasteiger partial charge on any atom is -0.508 e. The maximum absolute atomic E-state index is 13.9. The molecule has 0 spiro atoms. The molecule has 1 heterocycles. The Morgan fingerprint density at radius 1 is 1.19 bits per heavy atom. The number of hydrogen-bond acceptors (Lipinski definition) is 4. The molecular formula is C24H30F3N3O2. The third-order valence-electron chi connectivity index (χ3n) is 6.42. The summed E-state index contributed by atoms with van der Waals surface area (Å²) in [7, 11) is 3.78. The lowest BCUT2D eigenvalue weighted by Crippen LogP contribution is -2.42. The molecule has 1 aromatic carbocycles. The van der Waals surface area contributed by atoms with Crippen LogP contribution < -0.4 is 5.32 Å². The van der Waals surface area contributed by atoms with E-state index in [0.29, 0.717) is 18.5 Å². The summed E-state index contributed by atoms with van der Waals surface area (Å²) in [6.45, 7) is 2.09. The lowest BCUT2D eigenvalue weighted by atomic mass is 9.80. The molecule has 1 fully saturated rings. The number of phenolic OH excluding ortho intramolecular Hbond substituents is 1. The second kappa shape index (κ2) is 9.48. The third-order valence-corrected chi connectivity index (χ3v) is 6.42. The molecule has 0 bridgehead atoms. The van der Waals surface area contributed by atoms with Crippen molar-refractivity contribution in [2.24, 2.45) is 5.41 Å². The number of aromatic nitrogens is 1. The SMILES string of the molecule is Cc1ccc(C(CC(=O)NCC(Cc2ccc(O)cc2)N(C)C)C2(C(F)(F)F)CC2)cn1. The van der Waals surface area contributed by atoms with Crippen molar-refractivity contribution in [2.75, 3.05) is 20.6 Å². The Morgan fingerprint density at radius 3 is 2.34 bits per heavy atom. The molecule has 1 saturated carbocycles. The fourth-order valence-electron chi connectivity index (χ4n) is 4.11. The summed E-state index contributed by atoms with van der Waals surface area (Å²) in [6, 6.07) is 10.1. The van der Waals surface area contributed by atoms with Gasteiger partial charge in [0.2, 0.25) is 5.91 Å². The summed E-state index contributed by atoms with van der Waals surface area (Å²) in [5, 5.41) is 12.3. The van der Waals surface area contributed by atoms with E-state index in [1.165, 1.54) is 6.20 Å². The number of likely N-dealkylation sites (N-methyl/N-ethyl adjacent to an activating group) is 1. The molecule has 2 aromatic rings. The topological polar surface area (TPSA) is 65.5 Å². The average Bonchev–Trinajstić information content (AvgIpc) is 3.53. The smallest absolute Gasteiger partial charge is 0.395 e. The van der Waals surface area contributed by atoms with Crippen molar-refractivity contribution in [1.29, 1.82) is 0 Å². The fourth-order valence-corrected chi connectivity index (χ4v) is 4.11. The molecule has 1 aliphatic carbocycles. The highest BCUT2D eigenvalue weighted by Gasteiger charge is 2.67. The maximum atomic E-state index is 13.9. The molecule has 2 unspecified atom stereocenters. The van der Waals surface area contributed by atoms with E-state index in [9.17, 15) is 23.1 Å². The molecule has 8 heteroatoms. The van der Waals surface area contributed by atoms with E-state index in [1.54, 1.807) is 31.2 Å². The summed E-state index contributed by atoms with van der Waals surface area (Å²) in [4.78, 5) is 18.9. The Balaban J connectivity index is 1.69. The highest BCUT2D eigenvalue weighted by atomic mass is 19.4. The monoisotopic (exact) mass is 449 g/mol. The van der Waals surface area contributed by atoms with E-state index in [1.807, 2.05) is 31.1 Å². The summed E-state index contributed by atoms with van der Waals surface area (Å²) in [6.07, 6.45) is -2.44. The van der Waals surface area contributed by atoms with Gasteiger partial charge in [-0.25, -0.2) is 0 Å². The largest absolute Gasteiger partial charge is 0.508 e. The van der Waals surface area contributed by atoms with Crippen LogP contribution in [0.5, 0.6) is 5.75 Å². The van der Waals surface area contributed by atoms with Crippen molar-refractivity contribution < 1.29 is 23.1 Å². The number of nitrogens with zero attached hydrogens (tertiary/aromatic N) is 2. The molecule has 0 aliphatic heterocycles. The van der Waals surface area contributed by atoms with Gasteiger partial charge in [-0.2, -0.15) is 13.2 Å². The van der Waals surface area contributed by atoms with Gasteiger partial charge in [0.05, 0.1) is 5.41 Å². The van der Waals surface area contributed by atoms with E-state index >= 15 is 0 Å². The van der Waals surface area contributed by atoms with Gasteiger partial charge in [0.15, 0.2) is 0 Å². The summed E-state index contributed by atoms with van der Waals surface area (Å²) in [5.74, 6) is -1.17. The third kappa shape index (κ3) is 5.59. The molecule has 1 aliphatic rings. The van der Waals surface area contributed by atoms with Crippen molar-refractivity contribution >= 4 is 5.91 Å². The number of carbonyl (C=O) groups excluding carboxylic acids is 1. The normalized spacial score (nSPS) is 17.1. The Hall–Kier alpha value is -2.61. The van der Waals surface area contributed by atoms with E-state index < -0.39 is 23.4 Å². The lowest BCUT2D eigenvalue weighted by molar-refractivity contribution is -0.194. The van der Waals surface area contributed by atoms with Gasteiger partial charge < -0.3 is 15.3 Å². The molecule has 1 aromatic heterocycles. The standard InChI is InChI=1S/C24H30F3N3O2/c1-16-4-7-18(14-28-16)21(23(10-11-23)24(25,26)27)13-22(32)29-15-19(30(2)3)12-17-5-8-20(31)9-6-17/h4-9,14,19,21,31H,10-13,15H2,1-3H3,(H,29,32). The predicted octanol–water partition coefficient (Wildman–Crippen LogP) is 4.20. The average molecular weight is 450 g/mol. The number of aromatic hydroxyl groups is 1. The highest BCUT2D eigenvalue weighted by molar-refractivity contribution is 5.77. The molecule has 0 radical (unpaired) electrons. The van der Waals surface area contributed by atoms with Gasteiger partial charge >= 0.3 is 6.18 Å². The van der Waals surface area contributed by atoms with Crippen molar-refractivity contribution in [3.05, 3.63) is 59.4 Å². The molecular weight excluding hydrogens is 419 g/mol. The van der Waals surface area contributed by atoms with Crippen LogP contribution in [-0.4, -0.2) is 53.8 Å². The molecule has 0 saturated heterocycles. The zero-order valence-electron chi connectivity index (χ0n) is 18.6. The maximum Gasteiger partial charge on any atom is 0.395 e. The van der Waals surface area contributed by atoms with Crippen molar-refractivity contribution in [3.8, 4) is 5.75 Å². The number of amides is 1. The second-order valence-corrected chi connectivity index (χ2v) is 8.94. The predicted molar refractivity (Wildman–Crippen MR) is 116 cm³/mol. The number of pyridine rings is 1. The van der Waals surface area contributed by atoms with Crippen LogP contribution in [0, 0.1) is 12.3 Å². The highest BCUT2D eigenvalue weighted by Crippen LogP contribution is 2.66. The van der Waals surface area contributed by atoms with Crippen LogP contribution in [0.1, 0.15) is 42.0 Å². The number of rotatable bonds is 9. The zero-order valence-corrected chi connectivity index (χ0v) is 18.6. The Labute approximate surface area is 186 Å². The van der Waals surface area contributed by atoms with Crippen LogP contribution in [0.25, 0.3) is 0 Å². The summed E-state index contributed by atoms with van der Waals surface area (Å²) in [5.41, 5.74) is 0.313. The molecule has 2 atom stereocenters. The van der Waals surface area contributed by atoms with Crippen LogP contribution in [0.3, 0.4) is 0 Å². The van der Waals surface area contributed by atoms with Gasteiger partial charge in [-0.1, -0.05) is 18.2 Å². The van der Waals surface area contributed by atoms with Gasteiger partial charge in [0.25, 0.3) is 0 Å². The van der Waals surface area contributed by atoms with Crippen molar-refractivity contribution in [3.63, 3.8) is 0 Å². The number of benzene rings is 1. The van der Waals surface area contributed by atoms with Gasteiger partial charge in [-0.05, 0) is 69.6 Å². The van der Waals surface area contributed by atoms with Crippen LogP contribution in [-0.2, 0) is 11.2 Å². The molecule has 2 N–H and O–H groups in total. The number of halogens is 3. The molecule has 32 heavy (non-hydrogen) atoms. The van der Waals surface area contributed by atoms with E-state index in [0.717, 1.165) is 11.3 Å². The Kier molecular flexibility index (Phi) is 7.12. The zero-order chi connectivity index (χ0) is 23.5. The van der Waals surface area contributed by atoms with Gasteiger partial charge in [-0.15, -0.1) is 0 Å². The number of carbonyl (C=O) groups is 1. The summed E-state index contributed by atoms with van der Waals surface area (Å²) >= 11 is 0. The number of alkyl halides is 3. The Morgan fingerprint density at radius 2 is 1.84 bits per heavy atom. The molecule has 3 rings (SSSR count). The minimum atomic E-state index is -4.37. The van der Waals surface area contributed by atoms with Crippen LogP contribution in [0.4, 0.5) is 13.2 Å². The molecule has 1 amide bonds. The van der Waals surface area contributed by atoms with E-state index in [2.05, 4.69) is 10.3 Å².